The van der Waals surface area contributed by atoms with Crippen LogP contribution in [-0.4, -0.2) is 48.8 Å². The lowest BCUT2D eigenvalue weighted by Crippen LogP contribution is -2.47. The van der Waals surface area contributed by atoms with E-state index in [1.807, 2.05) is 0 Å². The van der Waals surface area contributed by atoms with Crippen molar-refractivity contribution in [1.29, 1.82) is 0 Å². The standard InChI is InChI=1S/C12H15BrN2O/c1-14-6-8-15(9-7-14)12(16)10-2-4-11(13)5-3-10/h2-5H,6-9H2,1H3/i6D2,8D2. The highest BCUT2D eigenvalue weighted by Crippen LogP contribution is 2.13. The smallest absolute Gasteiger partial charge is 0.253 e. The van der Waals surface area contributed by atoms with Crippen molar-refractivity contribution in [2.75, 3.05) is 33.1 Å². The van der Waals surface area contributed by atoms with Crippen molar-refractivity contribution in [3.8, 4) is 0 Å². The van der Waals surface area contributed by atoms with Crippen LogP contribution in [0.15, 0.2) is 28.7 Å². The Hall–Kier alpha value is -0.870. The van der Waals surface area contributed by atoms with Gasteiger partial charge in [-0.15, -0.1) is 0 Å². The summed E-state index contributed by atoms with van der Waals surface area (Å²) in [6.45, 7) is -4.17. The molecule has 0 saturated carbocycles. The second kappa shape index (κ2) is 4.97. The molecule has 1 heterocycles. The summed E-state index contributed by atoms with van der Waals surface area (Å²) < 4.78 is 32.5. The maximum atomic E-state index is 12.4. The van der Waals surface area contributed by atoms with Gasteiger partial charge in [-0.05, 0) is 31.3 Å². The lowest BCUT2D eigenvalue weighted by atomic mass is 10.2. The molecule has 1 saturated heterocycles. The summed E-state index contributed by atoms with van der Waals surface area (Å²) in [6.07, 6.45) is 0. The van der Waals surface area contributed by atoms with Gasteiger partial charge in [0, 0.05) is 38.9 Å². The van der Waals surface area contributed by atoms with E-state index in [0.29, 0.717) is 5.56 Å². The van der Waals surface area contributed by atoms with Gasteiger partial charge in [-0.1, -0.05) is 15.9 Å². The molecular weight excluding hydrogens is 268 g/mol. The number of hydrogen-bond donors (Lipinski definition) is 0. The van der Waals surface area contributed by atoms with Crippen LogP contribution in [0.5, 0.6) is 0 Å². The van der Waals surface area contributed by atoms with Gasteiger partial charge in [-0.3, -0.25) is 4.79 Å². The van der Waals surface area contributed by atoms with Crippen molar-refractivity contribution < 1.29 is 10.3 Å². The molecule has 16 heavy (non-hydrogen) atoms. The lowest BCUT2D eigenvalue weighted by Gasteiger charge is -2.32. The van der Waals surface area contributed by atoms with Gasteiger partial charge in [0.15, 0.2) is 0 Å². The molecule has 3 nitrogen and oxygen atoms in total. The number of hydrogen-bond acceptors (Lipinski definition) is 2. The number of rotatable bonds is 1. The van der Waals surface area contributed by atoms with Crippen LogP contribution >= 0.6 is 15.9 Å². The fraction of sp³-hybridized carbons (Fsp3) is 0.417. The monoisotopic (exact) mass is 286 g/mol. The molecule has 1 aliphatic rings. The molecule has 2 rings (SSSR count). The zero-order chi connectivity index (χ0) is 15.1. The fourth-order valence-electron chi connectivity index (χ4n) is 1.41. The molecule has 86 valence electrons. The molecule has 0 spiro atoms. The largest absolute Gasteiger partial charge is 0.336 e. The van der Waals surface area contributed by atoms with Gasteiger partial charge in [-0.2, -0.15) is 0 Å². The average molecular weight is 287 g/mol. The number of halogens is 1. The van der Waals surface area contributed by atoms with E-state index >= 15 is 0 Å². The maximum Gasteiger partial charge on any atom is 0.253 e. The molecule has 0 aromatic heterocycles. The van der Waals surface area contributed by atoms with Crippen LogP contribution in [-0.2, 0) is 0 Å². The van der Waals surface area contributed by atoms with E-state index in [2.05, 4.69) is 15.9 Å². The highest BCUT2D eigenvalue weighted by molar-refractivity contribution is 9.10. The van der Waals surface area contributed by atoms with Gasteiger partial charge in [0.1, 0.15) is 0 Å². The molecule has 0 atom stereocenters. The second-order valence-electron chi connectivity index (χ2n) is 3.61. The molecule has 1 fully saturated rings. The molecular formula is C12H15BrN2O. The minimum absolute atomic E-state index is 0.151. The Morgan fingerprint density at radius 1 is 1.31 bits per heavy atom. The summed E-state index contributed by atoms with van der Waals surface area (Å²) >= 11 is 3.27. The topological polar surface area (TPSA) is 23.6 Å². The SMILES string of the molecule is [2H]C1([2H])N(C)CCN(C(=O)c2ccc(Br)cc2)C1([2H])[2H]. The van der Waals surface area contributed by atoms with Gasteiger partial charge in [0.25, 0.3) is 5.91 Å². The summed E-state index contributed by atoms with van der Waals surface area (Å²) in [5, 5.41) is 0. The number of piperazine rings is 1. The van der Waals surface area contributed by atoms with Crippen LogP contribution in [0.4, 0.5) is 0 Å². The number of carbonyl (C=O) groups is 1. The van der Waals surface area contributed by atoms with Gasteiger partial charge >= 0.3 is 0 Å². The van der Waals surface area contributed by atoms with E-state index in [0.717, 1.165) is 9.37 Å². The van der Waals surface area contributed by atoms with E-state index in [1.165, 1.54) is 11.9 Å². The van der Waals surface area contributed by atoms with Gasteiger partial charge < -0.3 is 9.80 Å². The van der Waals surface area contributed by atoms with Crippen molar-refractivity contribution in [3.63, 3.8) is 0 Å². The van der Waals surface area contributed by atoms with E-state index in [1.54, 1.807) is 24.3 Å². The Kier molecular flexibility index (Phi) is 2.32. The molecule has 1 aromatic carbocycles. The van der Waals surface area contributed by atoms with Crippen molar-refractivity contribution in [1.82, 2.24) is 9.80 Å². The normalized spacial score (nSPS) is 27.5. The number of carbonyl (C=O) groups excluding carboxylic acids is 1. The Labute approximate surface area is 110 Å². The molecule has 1 aliphatic heterocycles. The van der Waals surface area contributed by atoms with Gasteiger partial charge in [-0.25, -0.2) is 0 Å². The van der Waals surface area contributed by atoms with Crippen molar-refractivity contribution in [2.24, 2.45) is 0 Å². The van der Waals surface area contributed by atoms with Gasteiger partial charge in [0.2, 0.25) is 0 Å². The predicted molar refractivity (Wildman–Crippen MR) is 67.5 cm³/mol. The van der Waals surface area contributed by atoms with Crippen LogP contribution < -0.4 is 0 Å². The molecule has 1 aromatic rings. The van der Waals surface area contributed by atoms with Crippen molar-refractivity contribution in [3.05, 3.63) is 34.3 Å². The Morgan fingerprint density at radius 2 is 2.00 bits per heavy atom. The number of amides is 1. The molecule has 1 amide bonds. The van der Waals surface area contributed by atoms with Gasteiger partial charge in [0.05, 0.1) is 2.74 Å². The lowest BCUT2D eigenvalue weighted by molar-refractivity contribution is 0.0664. The minimum Gasteiger partial charge on any atom is -0.336 e. The summed E-state index contributed by atoms with van der Waals surface area (Å²) in [5.41, 5.74) is 0.345. The van der Waals surface area contributed by atoms with Crippen molar-refractivity contribution >= 4 is 21.8 Å². The average Bonchev–Trinajstić information content (AvgIpc) is 2.37. The van der Waals surface area contributed by atoms with E-state index in [-0.39, 0.29) is 13.1 Å². The Morgan fingerprint density at radius 3 is 2.69 bits per heavy atom. The third-order valence-electron chi connectivity index (χ3n) is 2.37. The minimum atomic E-state index is -2.38. The number of nitrogens with zero attached hydrogens (tertiary/aromatic N) is 2. The second-order valence-corrected chi connectivity index (χ2v) is 4.52. The first-order valence-electron chi connectivity index (χ1n) is 6.96. The molecule has 0 bridgehead atoms. The zero-order valence-electron chi connectivity index (χ0n) is 12.9. The molecule has 0 radical (unpaired) electrons. The Balaban J connectivity index is 2.32. The molecule has 4 heteroatoms. The highest BCUT2D eigenvalue weighted by atomic mass is 79.9. The fourth-order valence-corrected chi connectivity index (χ4v) is 1.67. The molecule has 0 unspecified atom stereocenters. The number of benzene rings is 1. The summed E-state index contributed by atoms with van der Waals surface area (Å²) in [6, 6.07) is 6.59. The molecule has 0 aliphatic carbocycles. The van der Waals surface area contributed by atoms with Crippen molar-refractivity contribution in [2.45, 2.75) is 0 Å². The van der Waals surface area contributed by atoms with Crippen LogP contribution in [0.1, 0.15) is 15.8 Å². The van der Waals surface area contributed by atoms with Crippen LogP contribution in [0.25, 0.3) is 0 Å². The predicted octanol–water partition coefficient (Wildman–Crippen LogP) is 1.84. The third-order valence-corrected chi connectivity index (χ3v) is 2.90. The van der Waals surface area contributed by atoms with E-state index in [4.69, 9.17) is 5.48 Å². The van der Waals surface area contributed by atoms with E-state index in [9.17, 15) is 4.79 Å². The Bertz CT molecular complexity index is 521. The third kappa shape index (κ3) is 2.62. The summed E-state index contributed by atoms with van der Waals surface area (Å²) in [7, 11) is 1.51. The first-order valence-corrected chi connectivity index (χ1v) is 5.76. The summed E-state index contributed by atoms with van der Waals surface area (Å²) in [5.74, 6) is -0.500. The zero-order valence-corrected chi connectivity index (χ0v) is 10.5. The van der Waals surface area contributed by atoms with Crippen LogP contribution in [0, 0.1) is 0 Å². The summed E-state index contributed by atoms with van der Waals surface area (Å²) in [4.78, 5) is 14.7. The first kappa shape index (κ1) is 7.45. The highest BCUT2D eigenvalue weighted by Gasteiger charge is 2.19. The van der Waals surface area contributed by atoms with Crippen LogP contribution in [0.2, 0.25) is 0 Å². The maximum absolute atomic E-state index is 12.4. The van der Waals surface area contributed by atoms with E-state index < -0.39 is 18.9 Å². The quantitative estimate of drug-likeness (QED) is 0.787. The van der Waals surface area contributed by atoms with Crippen LogP contribution in [0.3, 0.4) is 0 Å². The molecule has 0 N–H and O–H groups in total. The first-order chi connectivity index (χ1) is 9.18. The number of likely N-dealkylation sites (N-methyl/N-ethyl adjacent to an activating group) is 1.